The SMILES string of the molecule is CC(C)c1ccc(Cc2nc(N)sc2Br)cc1. The lowest BCUT2D eigenvalue weighted by Gasteiger charge is -2.06. The van der Waals surface area contributed by atoms with Gasteiger partial charge in [0.1, 0.15) is 0 Å². The van der Waals surface area contributed by atoms with E-state index >= 15 is 0 Å². The summed E-state index contributed by atoms with van der Waals surface area (Å²) in [5, 5.41) is 0.616. The molecule has 17 heavy (non-hydrogen) atoms. The second kappa shape index (κ2) is 5.19. The molecule has 0 fully saturated rings. The molecule has 0 radical (unpaired) electrons. The van der Waals surface area contributed by atoms with Crippen molar-refractivity contribution in [2.75, 3.05) is 5.73 Å². The third-order valence-electron chi connectivity index (χ3n) is 2.68. The molecule has 0 aliphatic carbocycles. The highest BCUT2D eigenvalue weighted by molar-refractivity contribution is 9.11. The predicted octanol–water partition coefficient (Wildman–Crippen LogP) is 4.20. The zero-order valence-corrected chi connectivity index (χ0v) is 12.3. The molecule has 1 aromatic carbocycles. The normalized spacial score (nSPS) is 11.1. The van der Waals surface area contributed by atoms with E-state index in [0.29, 0.717) is 11.0 Å². The lowest BCUT2D eigenvalue weighted by Crippen LogP contribution is -1.92. The minimum absolute atomic E-state index is 0.575. The molecule has 0 amide bonds. The van der Waals surface area contributed by atoms with Crippen molar-refractivity contribution in [2.45, 2.75) is 26.2 Å². The third-order valence-corrected chi connectivity index (χ3v) is 4.34. The molecule has 0 saturated carbocycles. The average Bonchev–Trinajstić information content (AvgIpc) is 2.58. The van der Waals surface area contributed by atoms with E-state index in [-0.39, 0.29) is 0 Å². The van der Waals surface area contributed by atoms with E-state index in [4.69, 9.17) is 5.73 Å². The highest BCUT2D eigenvalue weighted by Gasteiger charge is 2.08. The Morgan fingerprint density at radius 2 is 1.94 bits per heavy atom. The van der Waals surface area contributed by atoms with Gasteiger partial charge >= 0.3 is 0 Å². The van der Waals surface area contributed by atoms with Crippen LogP contribution in [0.15, 0.2) is 28.1 Å². The second-order valence-electron chi connectivity index (χ2n) is 4.35. The van der Waals surface area contributed by atoms with Crippen LogP contribution in [0.4, 0.5) is 5.13 Å². The molecule has 0 unspecified atom stereocenters. The van der Waals surface area contributed by atoms with Gasteiger partial charge in [0, 0.05) is 6.42 Å². The fourth-order valence-electron chi connectivity index (χ4n) is 1.67. The van der Waals surface area contributed by atoms with Crippen molar-refractivity contribution in [3.8, 4) is 0 Å². The van der Waals surface area contributed by atoms with Crippen LogP contribution < -0.4 is 5.73 Å². The van der Waals surface area contributed by atoms with E-state index in [1.54, 1.807) is 0 Å². The fourth-order valence-corrected chi connectivity index (χ4v) is 2.97. The van der Waals surface area contributed by atoms with Crippen LogP contribution in [0.2, 0.25) is 0 Å². The molecule has 0 bridgehead atoms. The van der Waals surface area contributed by atoms with Crippen molar-refractivity contribution in [3.63, 3.8) is 0 Å². The number of nitrogen functional groups attached to an aromatic ring is 1. The summed E-state index contributed by atoms with van der Waals surface area (Å²) in [6, 6.07) is 8.70. The number of halogens is 1. The molecule has 0 atom stereocenters. The molecule has 2 nitrogen and oxygen atoms in total. The Morgan fingerprint density at radius 1 is 1.29 bits per heavy atom. The number of benzene rings is 1. The van der Waals surface area contributed by atoms with Gasteiger partial charge < -0.3 is 5.73 Å². The van der Waals surface area contributed by atoms with E-state index in [0.717, 1.165) is 15.9 Å². The van der Waals surface area contributed by atoms with E-state index in [9.17, 15) is 0 Å². The Bertz CT molecular complexity index is 503. The minimum atomic E-state index is 0.575. The van der Waals surface area contributed by atoms with Gasteiger partial charge in [-0.15, -0.1) is 0 Å². The van der Waals surface area contributed by atoms with Crippen LogP contribution in [0, 0.1) is 0 Å². The summed E-state index contributed by atoms with van der Waals surface area (Å²) in [6.45, 7) is 4.40. The maximum absolute atomic E-state index is 5.67. The molecule has 0 aliphatic heterocycles. The van der Waals surface area contributed by atoms with Crippen molar-refractivity contribution in [2.24, 2.45) is 0 Å². The van der Waals surface area contributed by atoms with Crippen molar-refractivity contribution in [1.29, 1.82) is 0 Å². The molecule has 0 aliphatic rings. The number of aromatic nitrogens is 1. The third kappa shape index (κ3) is 3.07. The number of anilines is 1. The molecule has 90 valence electrons. The molecule has 2 rings (SSSR count). The van der Waals surface area contributed by atoms with Crippen LogP contribution in [0.1, 0.15) is 36.6 Å². The van der Waals surface area contributed by atoms with Gasteiger partial charge in [0.05, 0.1) is 9.48 Å². The molecule has 2 aromatic rings. The van der Waals surface area contributed by atoms with Gasteiger partial charge in [-0.2, -0.15) is 0 Å². The van der Waals surface area contributed by atoms with E-state index < -0.39 is 0 Å². The monoisotopic (exact) mass is 310 g/mol. The standard InChI is InChI=1S/C13H15BrN2S/c1-8(2)10-5-3-9(4-6-10)7-11-12(14)17-13(15)16-11/h3-6,8H,7H2,1-2H3,(H2,15,16). The Labute approximate surface area is 114 Å². The van der Waals surface area contributed by atoms with Crippen molar-refractivity contribution in [1.82, 2.24) is 4.98 Å². The van der Waals surface area contributed by atoms with Crippen LogP contribution in [-0.2, 0) is 6.42 Å². The maximum atomic E-state index is 5.67. The molecule has 0 saturated heterocycles. The largest absolute Gasteiger partial charge is 0.375 e. The van der Waals surface area contributed by atoms with E-state index in [2.05, 4.69) is 59.0 Å². The van der Waals surface area contributed by atoms with Gasteiger partial charge in [-0.3, -0.25) is 0 Å². The Kier molecular flexibility index (Phi) is 3.84. The number of nitrogens with zero attached hydrogens (tertiary/aromatic N) is 1. The lowest BCUT2D eigenvalue weighted by atomic mass is 10.0. The second-order valence-corrected chi connectivity index (χ2v) is 6.69. The summed E-state index contributed by atoms with van der Waals surface area (Å²) >= 11 is 4.97. The number of hydrogen-bond acceptors (Lipinski definition) is 3. The first-order valence-corrected chi connectivity index (χ1v) is 7.16. The van der Waals surface area contributed by atoms with Gasteiger partial charge in [0.15, 0.2) is 5.13 Å². The Hall–Kier alpha value is -0.870. The summed E-state index contributed by atoms with van der Waals surface area (Å²) in [5.74, 6) is 0.575. The summed E-state index contributed by atoms with van der Waals surface area (Å²) < 4.78 is 1.03. The van der Waals surface area contributed by atoms with E-state index in [1.165, 1.54) is 22.5 Å². The first-order valence-electron chi connectivity index (χ1n) is 5.55. The average molecular weight is 311 g/mol. The number of nitrogens with two attached hydrogens (primary N) is 1. The van der Waals surface area contributed by atoms with Crippen LogP contribution in [-0.4, -0.2) is 4.98 Å². The number of rotatable bonds is 3. The van der Waals surface area contributed by atoms with Crippen LogP contribution in [0.25, 0.3) is 0 Å². The highest BCUT2D eigenvalue weighted by atomic mass is 79.9. The molecule has 2 N–H and O–H groups in total. The van der Waals surface area contributed by atoms with Crippen LogP contribution in [0.5, 0.6) is 0 Å². The molecule has 1 aromatic heterocycles. The first kappa shape index (κ1) is 12.6. The molecular weight excluding hydrogens is 296 g/mol. The molecule has 1 heterocycles. The number of hydrogen-bond donors (Lipinski definition) is 1. The fraction of sp³-hybridized carbons (Fsp3) is 0.308. The summed E-state index contributed by atoms with van der Waals surface area (Å²) in [6.07, 6.45) is 0.826. The number of thiazole rings is 1. The predicted molar refractivity (Wildman–Crippen MR) is 77.6 cm³/mol. The Morgan fingerprint density at radius 3 is 2.41 bits per heavy atom. The van der Waals surface area contributed by atoms with Crippen molar-refractivity contribution >= 4 is 32.4 Å². The van der Waals surface area contributed by atoms with Gasteiger partial charge in [0.25, 0.3) is 0 Å². The molecule has 0 spiro atoms. The maximum Gasteiger partial charge on any atom is 0.181 e. The topological polar surface area (TPSA) is 38.9 Å². The van der Waals surface area contributed by atoms with E-state index in [1.807, 2.05) is 0 Å². The smallest absolute Gasteiger partial charge is 0.181 e. The lowest BCUT2D eigenvalue weighted by molar-refractivity contribution is 0.865. The minimum Gasteiger partial charge on any atom is -0.375 e. The van der Waals surface area contributed by atoms with Crippen molar-refractivity contribution in [3.05, 3.63) is 44.9 Å². The zero-order chi connectivity index (χ0) is 12.4. The molecular formula is C13H15BrN2S. The highest BCUT2D eigenvalue weighted by Crippen LogP contribution is 2.28. The van der Waals surface area contributed by atoms with Gasteiger partial charge in [0.2, 0.25) is 0 Å². The molecule has 4 heteroatoms. The van der Waals surface area contributed by atoms with Gasteiger partial charge in [-0.1, -0.05) is 49.4 Å². The van der Waals surface area contributed by atoms with Gasteiger partial charge in [-0.05, 0) is 33.0 Å². The van der Waals surface area contributed by atoms with Crippen molar-refractivity contribution < 1.29 is 0 Å². The van der Waals surface area contributed by atoms with Crippen LogP contribution in [0.3, 0.4) is 0 Å². The van der Waals surface area contributed by atoms with Crippen LogP contribution >= 0.6 is 27.3 Å². The van der Waals surface area contributed by atoms with Gasteiger partial charge in [-0.25, -0.2) is 4.98 Å². The summed E-state index contributed by atoms with van der Waals surface area (Å²) in [5.41, 5.74) is 9.32. The zero-order valence-electron chi connectivity index (χ0n) is 9.90. The quantitative estimate of drug-likeness (QED) is 0.922. The summed E-state index contributed by atoms with van der Waals surface area (Å²) in [7, 11) is 0. The summed E-state index contributed by atoms with van der Waals surface area (Å²) in [4.78, 5) is 4.31. The Balaban J connectivity index is 2.16. The first-order chi connectivity index (χ1) is 8.06.